The van der Waals surface area contributed by atoms with Gasteiger partial charge in [-0.05, 0) is 71.8 Å². The highest BCUT2D eigenvalue weighted by atomic mass is 16.3. The Balaban J connectivity index is 1.09. The molecule has 4 aromatic heterocycles. The van der Waals surface area contributed by atoms with Gasteiger partial charge in [0.1, 0.15) is 11.2 Å². The Hall–Kier alpha value is -7.83. The van der Waals surface area contributed by atoms with Gasteiger partial charge in [-0.15, -0.1) is 0 Å². The van der Waals surface area contributed by atoms with Crippen molar-refractivity contribution in [3.63, 3.8) is 0 Å². The van der Waals surface area contributed by atoms with Crippen LogP contribution in [0, 0.1) is 0 Å². The van der Waals surface area contributed by atoms with Crippen molar-refractivity contribution in [3.8, 4) is 45.5 Å². The average Bonchev–Trinajstić information content (AvgIpc) is 3.93. The van der Waals surface area contributed by atoms with E-state index < -0.39 is 0 Å². The number of hydrogen-bond acceptors (Lipinski definition) is 4. The number of benzene rings is 8. The standard InChI is InChI=1S/C51H31N5O/c1-3-14-32(15-4-1)33-16-13-17-34(28-33)49-52-50(54-51(53-49)56-44-24-11-7-20-37(44)38-21-8-12-25-45(38)56)35-26-27-47-41(29-35)42-30-40-39-22-9-10-23-43(39)55(36-18-5-2-6-19-36)46(40)31-48(42)57-47/h1-31H. The van der Waals surface area contributed by atoms with Crippen molar-refractivity contribution >= 4 is 65.6 Å². The topological polar surface area (TPSA) is 61.7 Å². The number of fused-ring (bicyclic) bond motifs is 9. The van der Waals surface area contributed by atoms with Crippen LogP contribution in [0.15, 0.2) is 192 Å². The molecule has 8 aromatic carbocycles. The molecule has 4 heterocycles. The fraction of sp³-hybridized carbons (Fsp3) is 0. The van der Waals surface area contributed by atoms with Crippen molar-refractivity contribution in [2.24, 2.45) is 0 Å². The maximum absolute atomic E-state index is 6.59. The molecule has 0 N–H and O–H groups in total. The van der Waals surface area contributed by atoms with Crippen LogP contribution in [0.3, 0.4) is 0 Å². The minimum Gasteiger partial charge on any atom is -0.456 e. The van der Waals surface area contributed by atoms with E-state index in [-0.39, 0.29) is 0 Å². The number of aromatic nitrogens is 5. The molecule has 0 unspecified atom stereocenters. The van der Waals surface area contributed by atoms with Crippen LogP contribution in [-0.2, 0) is 0 Å². The van der Waals surface area contributed by atoms with E-state index in [9.17, 15) is 0 Å². The summed E-state index contributed by atoms with van der Waals surface area (Å²) in [4.78, 5) is 15.7. The Morgan fingerprint density at radius 3 is 1.56 bits per heavy atom. The molecular weight excluding hydrogens is 699 g/mol. The van der Waals surface area contributed by atoms with E-state index in [1.165, 1.54) is 10.8 Å². The van der Waals surface area contributed by atoms with Crippen molar-refractivity contribution in [3.05, 3.63) is 188 Å². The third-order valence-electron chi connectivity index (χ3n) is 11.2. The Morgan fingerprint density at radius 2 is 0.860 bits per heavy atom. The van der Waals surface area contributed by atoms with Crippen molar-refractivity contribution in [2.45, 2.75) is 0 Å². The first kappa shape index (κ1) is 31.5. The predicted octanol–water partition coefficient (Wildman–Crippen LogP) is 13.0. The smallest absolute Gasteiger partial charge is 0.238 e. The van der Waals surface area contributed by atoms with Gasteiger partial charge in [-0.25, -0.2) is 4.98 Å². The fourth-order valence-corrected chi connectivity index (χ4v) is 8.56. The first-order chi connectivity index (χ1) is 28.2. The molecule has 0 saturated carbocycles. The molecule has 0 radical (unpaired) electrons. The quantitative estimate of drug-likeness (QED) is 0.177. The molecule has 6 nitrogen and oxygen atoms in total. The minimum absolute atomic E-state index is 0.560. The minimum atomic E-state index is 0.560. The van der Waals surface area contributed by atoms with Gasteiger partial charge in [0.2, 0.25) is 5.95 Å². The summed E-state index contributed by atoms with van der Waals surface area (Å²) in [6, 6.07) is 65.5. The number of furan rings is 1. The zero-order valence-electron chi connectivity index (χ0n) is 30.5. The second kappa shape index (κ2) is 12.3. The van der Waals surface area contributed by atoms with Crippen LogP contribution < -0.4 is 0 Å². The number of hydrogen-bond donors (Lipinski definition) is 0. The van der Waals surface area contributed by atoms with E-state index in [1.807, 2.05) is 12.1 Å². The summed E-state index contributed by atoms with van der Waals surface area (Å²) in [5, 5.41) is 6.71. The molecule has 0 aliphatic rings. The molecule has 0 amide bonds. The molecule has 0 saturated heterocycles. The van der Waals surface area contributed by atoms with Gasteiger partial charge >= 0.3 is 0 Å². The normalized spacial score (nSPS) is 11.9. The molecule has 0 fully saturated rings. The van der Waals surface area contributed by atoms with Crippen LogP contribution in [-0.4, -0.2) is 24.1 Å². The summed E-state index contributed by atoms with van der Waals surface area (Å²) >= 11 is 0. The summed E-state index contributed by atoms with van der Waals surface area (Å²) < 4.78 is 11.1. The first-order valence-electron chi connectivity index (χ1n) is 19.1. The van der Waals surface area contributed by atoms with Gasteiger partial charge in [-0.1, -0.05) is 121 Å². The lowest BCUT2D eigenvalue weighted by atomic mass is 10.0. The van der Waals surface area contributed by atoms with Crippen LogP contribution in [0.2, 0.25) is 0 Å². The average molecular weight is 730 g/mol. The Bertz CT molecular complexity index is 3470. The Morgan fingerprint density at radius 1 is 0.316 bits per heavy atom. The van der Waals surface area contributed by atoms with Crippen LogP contribution in [0.4, 0.5) is 0 Å². The number of nitrogens with zero attached hydrogens (tertiary/aromatic N) is 5. The van der Waals surface area contributed by atoms with Gasteiger partial charge in [0, 0.05) is 55.2 Å². The zero-order valence-corrected chi connectivity index (χ0v) is 30.5. The molecule has 0 aliphatic carbocycles. The molecule has 0 atom stereocenters. The van der Waals surface area contributed by atoms with Crippen molar-refractivity contribution in [1.29, 1.82) is 0 Å². The van der Waals surface area contributed by atoms with Crippen molar-refractivity contribution in [2.75, 3.05) is 0 Å². The highest BCUT2D eigenvalue weighted by molar-refractivity contribution is 6.17. The highest BCUT2D eigenvalue weighted by Crippen LogP contribution is 2.40. The van der Waals surface area contributed by atoms with Gasteiger partial charge in [-0.2, -0.15) is 9.97 Å². The van der Waals surface area contributed by atoms with Crippen molar-refractivity contribution < 1.29 is 4.42 Å². The van der Waals surface area contributed by atoms with Crippen molar-refractivity contribution in [1.82, 2.24) is 24.1 Å². The summed E-state index contributed by atoms with van der Waals surface area (Å²) in [5.41, 5.74) is 11.1. The van der Waals surface area contributed by atoms with Gasteiger partial charge < -0.3 is 8.98 Å². The van der Waals surface area contributed by atoms with Gasteiger partial charge in [0.15, 0.2) is 11.6 Å². The molecule has 0 aliphatic heterocycles. The number of para-hydroxylation sites is 4. The summed E-state index contributed by atoms with van der Waals surface area (Å²) in [5.74, 6) is 1.74. The SMILES string of the molecule is c1ccc(-c2cccc(-c3nc(-c4ccc5oc6cc7c(cc6c5c4)c4ccccc4n7-c4ccccc4)nc(-n4c5ccccc5c5ccccc54)n3)c2)cc1. The summed E-state index contributed by atoms with van der Waals surface area (Å²) in [7, 11) is 0. The third-order valence-corrected chi connectivity index (χ3v) is 11.2. The molecule has 12 aromatic rings. The van der Waals surface area contributed by atoms with Crippen LogP contribution in [0.5, 0.6) is 0 Å². The number of rotatable bonds is 5. The molecule has 0 spiro atoms. The lowest BCUT2D eigenvalue weighted by Crippen LogP contribution is -2.06. The Labute approximate surface area is 326 Å². The van der Waals surface area contributed by atoms with Crippen LogP contribution in [0.25, 0.3) is 111 Å². The van der Waals surface area contributed by atoms with Crippen LogP contribution >= 0.6 is 0 Å². The molecule has 0 bridgehead atoms. The first-order valence-corrected chi connectivity index (χ1v) is 19.1. The second-order valence-corrected chi connectivity index (χ2v) is 14.5. The maximum atomic E-state index is 6.59. The lowest BCUT2D eigenvalue weighted by Gasteiger charge is -2.11. The third kappa shape index (κ3) is 4.94. The van der Waals surface area contributed by atoms with E-state index in [1.54, 1.807) is 0 Å². The molecule has 12 rings (SSSR count). The monoisotopic (exact) mass is 729 g/mol. The summed E-state index contributed by atoms with van der Waals surface area (Å²) in [6.45, 7) is 0. The summed E-state index contributed by atoms with van der Waals surface area (Å²) in [6.07, 6.45) is 0. The van der Waals surface area contributed by atoms with E-state index in [0.29, 0.717) is 17.6 Å². The van der Waals surface area contributed by atoms with Crippen LogP contribution in [0.1, 0.15) is 0 Å². The fourth-order valence-electron chi connectivity index (χ4n) is 8.56. The van der Waals surface area contributed by atoms with E-state index in [4.69, 9.17) is 19.4 Å². The van der Waals surface area contributed by atoms with Gasteiger partial charge in [0.05, 0.1) is 22.1 Å². The largest absolute Gasteiger partial charge is 0.456 e. The highest BCUT2D eigenvalue weighted by Gasteiger charge is 2.20. The lowest BCUT2D eigenvalue weighted by molar-refractivity contribution is 0.669. The molecule has 57 heavy (non-hydrogen) atoms. The van der Waals surface area contributed by atoms with E-state index >= 15 is 0 Å². The second-order valence-electron chi connectivity index (χ2n) is 14.5. The Kier molecular flexibility index (Phi) is 6.83. The molecule has 266 valence electrons. The van der Waals surface area contributed by atoms with Gasteiger partial charge in [-0.3, -0.25) is 4.57 Å². The maximum Gasteiger partial charge on any atom is 0.238 e. The van der Waals surface area contributed by atoms with E-state index in [2.05, 4.69) is 185 Å². The zero-order chi connectivity index (χ0) is 37.5. The van der Waals surface area contributed by atoms with Gasteiger partial charge in [0.25, 0.3) is 0 Å². The molecular formula is C51H31N5O. The van der Waals surface area contributed by atoms with E-state index in [0.717, 1.165) is 82.7 Å². The predicted molar refractivity (Wildman–Crippen MR) is 232 cm³/mol. The molecule has 6 heteroatoms.